The number of methoxy groups -OCH3 is 1. The molecule has 4 heterocycles. The zero-order valence-electron chi connectivity index (χ0n) is 21.0. The minimum absolute atomic E-state index is 0.0409. The second-order valence-corrected chi connectivity index (χ2v) is 9.36. The van der Waals surface area contributed by atoms with Gasteiger partial charge in [-0.15, -0.1) is 0 Å². The highest BCUT2D eigenvalue weighted by atomic mass is 19.2. The first kappa shape index (κ1) is 24.9. The van der Waals surface area contributed by atoms with Crippen LogP contribution < -0.4 is 16.3 Å². The number of fused-ring (bicyclic) bond motifs is 3. The van der Waals surface area contributed by atoms with Crippen molar-refractivity contribution in [1.82, 2.24) is 19.5 Å². The first-order chi connectivity index (χ1) is 17.8. The summed E-state index contributed by atoms with van der Waals surface area (Å²) in [6.07, 6.45) is 4.71. The highest BCUT2D eigenvalue weighted by molar-refractivity contribution is 6.08. The Bertz CT molecular complexity index is 1490. The number of benzene rings is 1. The highest BCUT2D eigenvalue weighted by Gasteiger charge is 2.34. The summed E-state index contributed by atoms with van der Waals surface area (Å²) in [5.41, 5.74) is 10.3. The van der Waals surface area contributed by atoms with Gasteiger partial charge in [-0.2, -0.15) is 0 Å². The fraction of sp³-hybridized carbons (Fsp3) is 0.333. The lowest BCUT2D eigenvalue weighted by Crippen LogP contribution is -2.28. The van der Waals surface area contributed by atoms with E-state index in [2.05, 4.69) is 4.98 Å². The maximum Gasteiger partial charge on any atom is 0.238 e. The quantitative estimate of drug-likeness (QED) is 0.295. The van der Waals surface area contributed by atoms with Crippen LogP contribution in [0, 0.1) is 17.6 Å². The van der Waals surface area contributed by atoms with E-state index in [0.717, 1.165) is 11.5 Å². The van der Waals surface area contributed by atoms with E-state index in [-0.39, 0.29) is 11.5 Å². The average Bonchev–Trinajstić information content (AvgIpc) is 3.21. The Kier molecular flexibility index (Phi) is 6.70. The molecule has 0 bridgehead atoms. The molecule has 0 spiro atoms. The van der Waals surface area contributed by atoms with Crippen molar-refractivity contribution in [1.29, 1.82) is 0 Å². The zero-order valence-corrected chi connectivity index (χ0v) is 21.0. The maximum absolute atomic E-state index is 15.5. The minimum Gasteiger partial charge on any atom is -0.479 e. The Labute approximate surface area is 213 Å². The molecule has 3 aromatic heterocycles. The van der Waals surface area contributed by atoms with Crippen molar-refractivity contribution in [3.63, 3.8) is 0 Å². The molecule has 37 heavy (non-hydrogen) atoms. The summed E-state index contributed by atoms with van der Waals surface area (Å²) >= 11 is 0. The minimum atomic E-state index is -0.895. The van der Waals surface area contributed by atoms with E-state index >= 15 is 4.39 Å². The summed E-state index contributed by atoms with van der Waals surface area (Å²) in [5, 5.41) is 2.23. The molecule has 1 saturated heterocycles. The number of hydrazine groups is 1. The number of pyridine rings is 2. The smallest absolute Gasteiger partial charge is 0.238 e. The van der Waals surface area contributed by atoms with E-state index < -0.39 is 17.7 Å². The van der Waals surface area contributed by atoms with Crippen LogP contribution in [-0.2, 0) is 4.74 Å². The lowest BCUT2D eigenvalue weighted by molar-refractivity contribution is 0.0547. The number of nitrogens with zero attached hydrogens (tertiary/aromatic N) is 4. The molecule has 1 aromatic carbocycles. The fourth-order valence-electron chi connectivity index (χ4n) is 5.49. The van der Waals surface area contributed by atoms with Gasteiger partial charge in [-0.3, -0.25) is 4.98 Å². The molecule has 1 aliphatic heterocycles. The van der Waals surface area contributed by atoms with E-state index in [9.17, 15) is 4.39 Å². The van der Waals surface area contributed by atoms with Gasteiger partial charge in [-0.05, 0) is 43.9 Å². The van der Waals surface area contributed by atoms with Crippen molar-refractivity contribution >= 4 is 27.6 Å². The van der Waals surface area contributed by atoms with Crippen LogP contribution in [0.3, 0.4) is 0 Å². The number of allylic oxidation sites excluding steroid dienone is 1. The maximum atomic E-state index is 15.5. The molecular weight excluding hydrogens is 478 g/mol. The van der Waals surface area contributed by atoms with Crippen molar-refractivity contribution in [3.8, 4) is 5.88 Å². The van der Waals surface area contributed by atoms with E-state index in [1.54, 1.807) is 32.4 Å². The van der Waals surface area contributed by atoms with Crippen molar-refractivity contribution in [2.75, 3.05) is 27.4 Å². The monoisotopic (exact) mass is 508 g/mol. The van der Waals surface area contributed by atoms with Gasteiger partial charge in [0, 0.05) is 54.9 Å². The lowest BCUT2D eigenvalue weighted by Gasteiger charge is -2.33. The molecule has 4 aromatic rings. The molecule has 0 radical (unpaired) electrons. The van der Waals surface area contributed by atoms with Crippen molar-refractivity contribution in [2.45, 2.75) is 25.8 Å². The second kappa shape index (κ2) is 9.95. The van der Waals surface area contributed by atoms with Crippen LogP contribution in [0.15, 0.2) is 48.4 Å². The van der Waals surface area contributed by atoms with Gasteiger partial charge in [0.15, 0.2) is 11.6 Å². The SMILES string of the molecule is COc1nccc2c3ncc(/C(=C(\C)N)N(C)N)cc3n(C(c3cccc(F)c3F)C3CCOCC3)c12. The predicted molar refractivity (Wildman–Crippen MR) is 138 cm³/mol. The Morgan fingerprint density at radius 1 is 1.22 bits per heavy atom. The van der Waals surface area contributed by atoms with Gasteiger partial charge in [0.25, 0.3) is 0 Å². The molecule has 5 rings (SSSR count). The van der Waals surface area contributed by atoms with E-state index in [1.165, 1.54) is 18.2 Å². The van der Waals surface area contributed by atoms with Crippen molar-refractivity contribution in [2.24, 2.45) is 17.5 Å². The zero-order chi connectivity index (χ0) is 26.3. The average molecular weight is 509 g/mol. The van der Waals surface area contributed by atoms with Gasteiger partial charge in [0.2, 0.25) is 5.88 Å². The molecule has 1 unspecified atom stereocenters. The van der Waals surface area contributed by atoms with E-state index in [4.69, 9.17) is 26.0 Å². The number of ether oxygens (including phenoxy) is 2. The van der Waals surface area contributed by atoms with Gasteiger partial charge in [-0.25, -0.2) is 19.6 Å². The van der Waals surface area contributed by atoms with Crippen molar-refractivity contribution < 1.29 is 18.3 Å². The summed E-state index contributed by atoms with van der Waals surface area (Å²) in [7, 11) is 3.24. The lowest BCUT2D eigenvalue weighted by atomic mass is 9.86. The molecule has 0 saturated carbocycles. The van der Waals surface area contributed by atoms with Gasteiger partial charge >= 0.3 is 0 Å². The number of hydrogen-bond acceptors (Lipinski definition) is 7. The third-order valence-corrected chi connectivity index (χ3v) is 7.00. The number of rotatable bonds is 6. The molecule has 1 atom stereocenters. The Hall–Kier alpha value is -3.76. The van der Waals surface area contributed by atoms with Crippen LogP contribution in [0.1, 0.15) is 36.9 Å². The number of halogens is 2. The summed E-state index contributed by atoms with van der Waals surface area (Å²) in [6.45, 7) is 2.83. The highest BCUT2D eigenvalue weighted by Crippen LogP contribution is 2.43. The first-order valence-corrected chi connectivity index (χ1v) is 12.1. The standard InChI is InChI=1S/C27H30F2N6O2/c1-15(30)24(34(2)31)17-13-21-23(33-14-17)19-7-10-32-27(36-3)26(19)35(21)25(16-8-11-37-12-9-16)18-5-4-6-20(28)22(18)29/h4-7,10,13-14,16,25H,8-9,11-12,30-31H2,1-3H3/b24-15-. The molecule has 1 aliphatic rings. The molecular formula is C27H30F2N6O2. The molecule has 0 aliphatic carbocycles. The molecule has 4 N–H and O–H groups in total. The van der Waals surface area contributed by atoms with Gasteiger partial charge in [0.1, 0.15) is 5.52 Å². The van der Waals surface area contributed by atoms with E-state index in [1.807, 2.05) is 16.7 Å². The molecule has 194 valence electrons. The predicted octanol–water partition coefficient (Wildman–Crippen LogP) is 4.34. The third-order valence-electron chi connectivity index (χ3n) is 7.00. The number of nitrogens with two attached hydrogens (primary N) is 2. The third kappa shape index (κ3) is 4.25. The summed E-state index contributed by atoms with van der Waals surface area (Å²) in [6, 6.07) is 7.52. The molecule has 10 heteroatoms. The van der Waals surface area contributed by atoms with Crippen LogP contribution in [-0.4, -0.2) is 46.9 Å². The molecule has 1 fully saturated rings. The first-order valence-electron chi connectivity index (χ1n) is 12.1. The summed E-state index contributed by atoms with van der Waals surface area (Å²) < 4.78 is 43.3. The largest absolute Gasteiger partial charge is 0.479 e. The normalized spacial score (nSPS) is 16.2. The molecule has 0 amide bonds. The number of aromatic nitrogens is 3. The van der Waals surface area contributed by atoms with Crippen LogP contribution in [0.2, 0.25) is 0 Å². The summed E-state index contributed by atoms with van der Waals surface area (Å²) in [5.74, 6) is 4.66. The van der Waals surface area contributed by atoms with Crippen LogP contribution in [0.25, 0.3) is 27.6 Å². The van der Waals surface area contributed by atoms with Gasteiger partial charge in [-0.1, -0.05) is 12.1 Å². The topological polar surface area (TPSA) is 104 Å². The van der Waals surface area contributed by atoms with Crippen molar-refractivity contribution in [3.05, 3.63) is 71.2 Å². The van der Waals surface area contributed by atoms with Gasteiger partial charge < -0.3 is 24.8 Å². The Morgan fingerprint density at radius 2 is 1.97 bits per heavy atom. The molecule has 8 nitrogen and oxygen atoms in total. The fourth-order valence-corrected chi connectivity index (χ4v) is 5.49. The Morgan fingerprint density at radius 3 is 2.65 bits per heavy atom. The van der Waals surface area contributed by atoms with E-state index in [0.29, 0.717) is 65.4 Å². The van der Waals surface area contributed by atoms with Crippen LogP contribution in [0.4, 0.5) is 8.78 Å². The van der Waals surface area contributed by atoms with Crippen LogP contribution >= 0.6 is 0 Å². The Balaban J connectivity index is 1.91. The van der Waals surface area contributed by atoms with Crippen LogP contribution in [0.5, 0.6) is 5.88 Å². The van der Waals surface area contributed by atoms with Gasteiger partial charge in [0.05, 0.1) is 29.9 Å². The number of hydrogen-bond donors (Lipinski definition) is 2. The summed E-state index contributed by atoms with van der Waals surface area (Å²) in [4.78, 5) is 9.22. The second-order valence-electron chi connectivity index (χ2n) is 9.36.